The molecule has 0 fully saturated rings. The van der Waals surface area contributed by atoms with Gasteiger partial charge in [0.05, 0.1) is 29.2 Å². The van der Waals surface area contributed by atoms with Crippen molar-refractivity contribution in [2.45, 2.75) is 26.3 Å². The summed E-state index contributed by atoms with van der Waals surface area (Å²) >= 11 is 0. The molecule has 4 aromatic heterocycles. The van der Waals surface area contributed by atoms with Crippen LogP contribution in [-0.2, 0) is 0 Å². The summed E-state index contributed by atoms with van der Waals surface area (Å²) in [5, 5.41) is 4.41. The van der Waals surface area contributed by atoms with Crippen LogP contribution in [0.1, 0.15) is 31.1 Å². The topological polar surface area (TPSA) is 83.6 Å². The fourth-order valence-electron chi connectivity index (χ4n) is 2.92. The summed E-state index contributed by atoms with van der Waals surface area (Å²) in [6.07, 6.45) is 6.02. The van der Waals surface area contributed by atoms with Gasteiger partial charge in [-0.2, -0.15) is 0 Å². The van der Waals surface area contributed by atoms with Crippen molar-refractivity contribution in [1.29, 1.82) is 0 Å². The summed E-state index contributed by atoms with van der Waals surface area (Å²) in [6.45, 7) is 5.76. The highest BCUT2D eigenvalue weighted by atomic mass is 19.1. The van der Waals surface area contributed by atoms with Crippen LogP contribution in [0.5, 0.6) is 0 Å². The molecule has 4 rings (SSSR count). The predicted octanol–water partition coefficient (Wildman–Crippen LogP) is 3.84. The Labute approximate surface area is 154 Å². The van der Waals surface area contributed by atoms with Gasteiger partial charge in [-0.25, -0.2) is 9.37 Å². The molecular formula is C20H18FN5O. The van der Waals surface area contributed by atoms with E-state index in [2.05, 4.69) is 25.3 Å². The van der Waals surface area contributed by atoms with Crippen molar-refractivity contribution < 1.29 is 9.18 Å². The summed E-state index contributed by atoms with van der Waals surface area (Å²) in [4.78, 5) is 28.2. The second kappa shape index (κ2) is 6.12. The molecule has 0 aliphatic carbocycles. The molecule has 0 aliphatic rings. The molecule has 2 N–H and O–H groups in total. The maximum atomic E-state index is 13.6. The van der Waals surface area contributed by atoms with Gasteiger partial charge in [-0.15, -0.1) is 0 Å². The summed E-state index contributed by atoms with van der Waals surface area (Å²) in [7, 11) is 0. The Kier molecular flexibility index (Phi) is 3.87. The number of hydrogen-bond acceptors (Lipinski definition) is 4. The number of carbonyl (C=O) groups excluding carboxylic acids is 1. The third kappa shape index (κ3) is 3.36. The first kappa shape index (κ1) is 17.1. The van der Waals surface area contributed by atoms with Crippen molar-refractivity contribution in [3.05, 3.63) is 54.4 Å². The smallest absolute Gasteiger partial charge is 0.253 e. The molecule has 0 aromatic carbocycles. The molecule has 0 radical (unpaired) electrons. The Hall–Kier alpha value is -3.35. The first-order valence-electron chi connectivity index (χ1n) is 8.51. The molecule has 0 aliphatic heterocycles. The van der Waals surface area contributed by atoms with Gasteiger partial charge in [0, 0.05) is 34.3 Å². The highest BCUT2D eigenvalue weighted by Crippen LogP contribution is 2.28. The lowest BCUT2D eigenvalue weighted by Crippen LogP contribution is -2.40. The van der Waals surface area contributed by atoms with E-state index in [0.717, 1.165) is 10.9 Å². The SMILES string of the molecule is CC(C)(C)NC(=O)c1cncc(-c2cc3c(cn2)[nH]c2ncc(F)cc23)c1. The van der Waals surface area contributed by atoms with Gasteiger partial charge in [0.2, 0.25) is 0 Å². The number of pyridine rings is 3. The first-order valence-corrected chi connectivity index (χ1v) is 8.51. The van der Waals surface area contributed by atoms with Gasteiger partial charge in [0.15, 0.2) is 0 Å². The molecule has 0 bridgehead atoms. The second-order valence-electron chi connectivity index (χ2n) is 7.46. The van der Waals surface area contributed by atoms with Gasteiger partial charge in [-0.3, -0.25) is 14.8 Å². The van der Waals surface area contributed by atoms with Crippen LogP contribution in [0.15, 0.2) is 43.0 Å². The molecule has 136 valence electrons. The standard InChI is InChI=1S/C20H18FN5O/c1-20(2,3)26-19(27)12-4-11(7-22-8-12)16-6-14-15-5-13(21)9-24-18(15)25-17(14)10-23-16/h4-10H,1-3H3,(H,24,25)(H,26,27). The maximum absolute atomic E-state index is 13.6. The lowest BCUT2D eigenvalue weighted by molar-refractivity contribution is 0.0919. The van der Waals surface area contributed by atoms with Gasteiger partial charge in [0.25, 0.3) is 5.91 Å². The van der Waals surface area contributed by atoms with E-state index >= 15 is 0 Å². The predicted molar refractivity (Wildman–Crippen MR) is 102 cm³/mol. The fourth-order valence-corrected chi connectivity index (χ4v) is 2.92. The van der Waals surface area contributed by atoms with E-state index in [-0.39, 0.29) is 11.4 Å². The van der Waals surface area contributed by atoms with Crippen LogP contribution in [0.4, 0.5) is 4.39 Å². The van der Waals surface area contributed by atoms with Gasteiger partial charge in [-0.05, 0) is 39.0 Å². The first-order chi connectivity index (χ1) is 12.8. The monoisotopic (exact) mass is 363 g/mol. The van der Waals surface area contributed by atoms with Crippen molar-refractivity contribution >= 4 is 27.8 Å². The van der Waals surface area contributed by atoms with Crippen LogP contribution in [0, 0.1) is 5.82 Å². The van der Waals surface area contributed by atoms with Crippen LogP contribution in [0.2, 0.25) is 0 Å². The molecular weight excluding hydrogens is 345 g/mol. The Morgan fingerprint density at radius 2 is 1.85 bits per heavy atom. The zero-order valence-corrected chi connectivity index (χ0v) is 15.2. The minimum Gasteiger partial charge on any atom is -0.347 e. The molecule has 0 saturated carbocycles. The fraction of sp³-hybridized carbons (Fsp3) is 0.200. The summed E-state index contributed by atoms with van der Waals surface area (Å²) in [5.41, 5.74) is 2.83. The third-order valence-electron chi connectivity index (χ3n) is 4.09. The number of halogens is 1. The molecule has 0 atom stereocenters. The number of aromatic nitrogens is 4. The number of carbonyl (C=O) groups is 1. The lowest BCUT2D eigenvalue weighted by atomic mass is 10.1. The Bertz CT molecular complexity index is 1180. The molecule has 0 spiro atoms. The summed E-state index contributed by atoms with van der Waals surface area (Å²) in [5.74, 6) is -0.597. The Balaban J connectivity index is 1.78. The van der Waals surface area contributed by atoms with Crippen LogP contribution < -0.4 is 5.32 Å². The van der Waals surface area contributed by atoms with Crippen molar-refractivity contribution in [3.63, 3.8) is 0 Å². The Morgan fingerprint density at radius 1 is 1.04 bits per heavy atom. The average Bonchev–Trinajstić information content (AvgIpc) is 2.97. The van der Waals surface area contributed by atoms with Gasteiger partial charge in [0.1, 0.15) is 11.5 Å². The van der Waals surface area contributed by atoms with Gasteiger partial charge < -0.3 is 10.3 Å². The van der Waals surface area contributed by atoms with Crippen molar-refractivity contribution in [1.82, 2.24) is 25.3 Å². The maximum Gasteiger partial charge on any atom is 0.253 e. The minimum atomic E-state index is -0.399. The van der Waals surface area contributed by atoms with E-state index in [1.807, 2.05) is 26.8 Å². The van der Waals surface area contributed by atoms with Crippen molar-refractivity contribution in [2.24, 2.45) is 0 Å². The van der Waals surface area contributed by atoms with Crippen molar-refractivity contribution in [3.8, 4) is 11.3 Å². The highest BCUT2D eigenvalue weighted by molar-refractivity contribution is 6.06. The van der Waals surface area contributed by atoms with E-state index < -0.39 is 5.82 Å². The number of aromatic amines is 1. The lowest BCUT2D eigenvalue weighted by Gasteiger charge is -2.20. The number of H-pyrrole nitrogens is 1. The number of amides is 1. The molecule has 7 heteroatoms. The molecule has 0 saturated heterocycles. The molecule has 27 heavy (non-hydrogen) atoms. The number of nitrogens with zero attached hydrogens (tertiary/aromatic N) is 3. The second-order valence-corrected chi connectivity index (χ2v) is 7.46. The molecule has 0 unspecified atom stereocenters. The Morgan fingerprint density at radius 3 is 2.63 bits per heavy atom. The van der Waals surface area contributed by atoms with Crippen LogP contribution >= 0.6 is 0 Å². The molecule has 4 heterocycles. The van der Waals surface area contributed by atoms with Crippen LogP contribution in [0.3, 0.4) is 0 Å². The van der Waals surface area contributed by atoms with Gasteiger partial charge in [-0.1, -0.05) is 0 Å². The number of nitrogens with one attached hydrogen (secondary N) is 2. The van der Waals surface area contributed by atoms with E-state index in [0.29, 0.717) is 27.9 Å². The summed E-state index contributed by atoms with van der Waals surface area (Å²) < 4.78 is 13.6. The molecule has 1 amide bonds. The zero-order chi connectivity index (χ0) is 19.2. The molecule has 4 aromatic rings. The normalized spacial score (nSPS) is 11.9. The quantitative estimate of drug-likeness (QED) is 0.567. The highest BCUT2D eigenvalue weighted by Gasteiger charge is 2.16. The van der Waals surface area contributed by atoms with Crippen LogP contribution in [0.25, 0.3) is 33.2 Å². The molecule has 6 nitrogen and oxygen atoms in total. The van der Waals surface area contributed by atoms with Crippen molar-refractivity contribution in [2.75, 3.05) is 0 Å². The zero-order valence-electron chi connectivity index (χ0n) is 15.2. The number of rotatable bonds is 2. The van der Waals surface area contributed by atoms with E-state index in [1.165, 1.54) is 18.5 Å². The summed E-state index contributed by atoms with van der Waals surface area (Å²) in [6, 6.07) is 5.03. The number of hydrogen-bond donors (Lipinski definition) is 2. The number of fused-ring (bicyclic) bond motifs is 3. The average molecular weight is 363 g/mol. The minimum absolute atomic E-state index is 0.198. The van der Waals surface area contributed by atoms with Crippen LogP contribution in [-0.4, -0.2) is 31.4 Å². The third-order valence-corrected chi connectivity index (χ3v) is 4.09. The van der Waals surface area contributed by atoms with E-state index in [4.69, 9.17) is 0 Å². The van der Waals surface area contributed by atoms with E-state index in [1.54, 1.807) is 18.5 Å². The van der Waals surface area contributed by atoms with Gasteiger partial charge >= 0.3 is 0 Å². The van der Waals surface area contributed by atoms with E-state index in [9.17, 15) is 9.18 Å². The largest absolute Gasteiger partial charge is 0.347 e.